The average molecular weight is 316 g/mol. The lowest BCUT2D eigenvalue weighted by atomic mass is 9.97. The number of carbonyl (C=O) groups excluding carboxylic acids is 1. The molecule has 0 spiro atoms. The molecule has 0 saturated heterocycles. The Hall–Kier alpha value is -1.91. The molecule has 0 aliphatic heterocycles. The van der Waals surface area contributed by atoms with Gasteiger partial charge in [0.25, 0.3) is 5.91 Å². The largest absolute Gasteiger partial charge is 0.369 e. The van der Waals surface area contributed by atoms with E-state index in [2.05, 4.69) is 40.8 Å². The van der Waals surface area contributed by atoms with Crippen molar-refractivity contribution < 1.29 is 4.79 Å². The number of allylic oxidation sites excluding steroid dienone is 1. The summed E-state index contributed by atoms with van der Waals surface area (Å²) in [5.74, 6) is 1.22. The van der Waals surface area contributed by atoms with E-state index in [0.717, 1.165) is 25.2 Å². The van der Waals surface area contributed by atoms with E-state index in [1.165, 1.54) is 31.3 Å². The van der Waals surface area contributed by atoms with E-state index in [4.69, 9.17) is 0 Å². The van der Waals surface area contributed by atoms with Crippen molar-refractivity contribution in [1.82, 2.24) is 15.5 Å². The summed E-state index contributed by atoms with van der Waals surface area (Å²) in [7, 11) is 0. The van der Waals surface area contributed by atoms with Gasteiger partial charge in [-0.2, -0.15) is 0 Å². The fourth-order valence-corrected chi connectivity index (χ4v) is 2.60. The summed E-state index contributed by atoms with van der Waals surface area (Å²) in [6.45, 7) is 5.90. The Bertz CT molecular complexity index is 522. The van der Waals surface area contributed by atoms with Crippen LogP contribution in [-0.2, 0) is 0 Å². The molecule has 1 amide bonds. The quantitative estimate of drug-likeness (QED) is 0.720. The fourth-order valence-electron chi connectivity index (χ4n) is 2.60. The van der Waals surface area contributed by atoms with E-state index >= 15 is 0 Å². The minimum Gasteiger partial charge on any atom is -0.369 e. The highest BCUT2D eigenvalue weighted by Gasteiger charge is 2.09. The summed E-state index contributed by atoms with van der Waals surface area (Å²) in [6, 6.07) is 3.53. The van der Waals surface area contributed by atoms with Crippen molar-refractivity contribution in [3.63, 3.8) is 0 Å². The third-order valence-electron chi connectivity index (χ3n) is 4.04. The molecule has 2 N–H and O–H groups in total. The molecule has 1 heterocycles. The zero-order valence-corrected chi connectivity index (χ0v) is 14.3. The van der Waals surface area contributed by atoms with Crippen molar-refractivity contribution >= 4 is 11.7 Å². The van der Waals surface area contributed by atoms with Gasteiger partial charge >= 0.3 is 0 Å². The average Bonchev–Trinajstić information content (AvgIpc) is 2.56. The van der Waals surface area contributed by atoms with E-state index in [9.17, 15) is 4.79 Å². The second-order valence-electron chi connectivity index (χ2n) is 6.53. The molecule has 0 bridgehead atoms. The highest BCUT2D eigenvalue weighted by molar-refractivity contribution is 5.92. The molecular formula is C18H28N4O. The van der Waals surface area contributed by atoms with Crippen LogP contribution in [0.3, 0.4) is 0 Å². The molecule has 1 aliphatic carbocycles. The number of amides is 1. The number of hydrogen-bond acceptors (Lipinski definition) is 4. The highest BCUT2D eigenvalue weighted by Crippen LogP contribution is 2.19. The minimum absolute atomic E-state index is 0.150. The second kappa shape index (κ2) is 9.28. The SMILES string of the molecule is CC(C)CCNc1ccc(C(=O)NCCC2=CCCCC2)nn1. The van der Waals surface area contributed by atoms with Crippen molar-refractivity contribution in [2.45, 2.75) is 52.4 Å². The van der Waals surface area contributed by atoms with Gasteiger partial charge in [-0.15, -0.1) is 10.2 Å². The lowest BCUT2D eigenvalue weighted by Crippen LogP contribution is -2.26. The Morgan fingerprint density at radius 1 is 1.22 bits per heavy atom. The summed E-state index contributed by atoms with van der Waals surface area (Å²) in [5.41, 5.74) is 1.84. The molecule has 0 radical (unpaired) electrons. The van der Waals surface area contributed by atoms with Gasteiger partial charge in [0, 0.05) is 13.1 Å². The Morgan fingerprint density at radius 2 is 2.09 bits per heavy atom. The van der Waals surface area contributed by atoms with Gasteiger partial charge in [0.1, 0.15) is 5.82 Å². The van der Waals surface area contributed by atoms with Gasteiger partial charge < -0.3 is 10.6 Å². The first kappa shape index (κ1) is 17.4. The van der Waals surface area contributed by atoms with E-state index in [-0.39, 0.29) is 5.91 Å². The van der Waals surface area contributed by atoms with Crippen LogP contribution < -0.4 is 10.6 Å². The number of rotatable bonds is 8. The third-order valence-corrected chi connectivity index (χ3v) is 4.04. The summed E-state index contributed by atoms with van der Waals surface area (Å²) in [4.78, 5) is 12.0. The fraction of sp³-hybridized carbons (Fsp3) is 0.611. The van der Waals surface area contributed by atoms with Crippen molar-refractivity contribution in [3.8, 4) is 0 Å². The van der Waals surface area contributed by atoms with E-state index < -0.39 is 0 Å². The van der Waals surface area contributed by atoms with Crippen molar-refractivity contribution in [3.05, 3.63) is 29.5 Å². The molecule has 5 nitrogen and oxygen atoms in total. The number of nitrogens with zero attached hydrogens (tertiary/aromatic N) is 2. The zero-order valence-electron chi connectivity index (χ0n) is 14.3. The Labute approximate surface area is 139 Å². The Balaban J connectivity index is 1.72. The van der Waals surface area contributed by atoms with Gasteiger partial charge in [-0.3, -0.25) is 4.79 Å². The zero-order chi connectivity index (χ0) is 16.5. The summed E-state index contributed by atoms with van der Waals surface area (Å²) >= 11 is 0. The molecule has 0 saturated carbocycles. The monoisotopic (exact) mass is 316 g/mol. The normalized spacial score (nSPS) is 14.5. The second-order valence-corrected chi connectivity index (χ2v) is 6.53. The summed E-state index contributed by atoms with van der Waals surface area (Å²) in [6.07, 6.45) is 9.26. The van der Waals surface area contributed by atoms with E-state index in [0.29, 0.717) is 18.2 Å². The smallest absolute Gasteiger partial charge is 0.271 e. The topological polar surface area (TPSA) is 66.9 Å². The number of aromatic nitrogens is 2. The van der Waals surface area contributed by atoms with Crippen LogP contribution in [0.25, 0.3) is 0 Å². The lowest BCUT2D eigenvalue weighted by molar-refractivity contribution is 0.0948. The van der Waals surface area contributed by atoms with Gasteiger partial charge in [-0.1, -0.05) is 25.5 Å². The van der Waals surface area contributed by atoms with Crippen LogP contribution in [0, 0.1) is 5.92 Å². The first-order valence-electron chi connectivity index (χ1n) is 8.69. The maximum atomic E-state index is 12.0. The maximum absolute atomic E-state index is 12.0. The number of carbonyl (C=O) groups is 1. The van der Waals surface area contributed by atoms with Crippen molar-refractivity contribution in [1.29, 1.82) is 0 Å². The number of nitrogens with one attached hydrogen (secondary N) is 2. The first-order chi connectivity index (χ1) is 11.1. The molecule has 0 unspecified atom stereocenters. The minimum atomic E-state index is -0.150. The first-order valence-corrected chi connectivity index (χ1v) is 8.69. The van der Waals surface area contributed by atoms with Gasteiger partial charge in [0.15, 0.2) is 5.69 Å². The lowest BCUT2D eigenvalue weighted by Gasteiger charge is -2.12. The van der Waals surface area contributed by atoms with Gasteiger partial charge in [0.05, 0.1) is 0 Å². The number of hydrogen-bond donors (Lipinski definition) is 2. The van der Waals surface area contributed by atoms with Gasteiger partial charge in [0.2, 0.25) is 0 Å². The van der Waals surface area contributed by atoms with Crippen LogP contribution in [-0.4, -0.2) is 29.2 Å². The molecule has 1 aromatic rings. The Morgan fingerprint density at radius 3 is 2.74 bits per heavy atom. The summed E-state index contributed by atoms with van der Waals surface area (Å²) < 4.78 is 0. The molecule has 0 fully saturated rings. The predicted octanol–water partition coefficient (Wildman–Crippen LogP) is 3.55. The third kappa shape index (κ3) is 6.38. The molecule has 1 aliphatic rings. The Kier molecular flexibility index (Phi) is 7.04. The number of anilines is 1. The summed E-state index contributed by atoms with van der Waals surface area (Å²) in [5, 5.41) is 14.2. The maximum Gasteiger partial charge on any atom is 0.271 e. The van der Waals surface area contributed by atoms with Crippen LogP contribution >= 0.6 is 0 Å². The van der Waals surface area contributed by atoms with Crippen LogP contribution in [0.2, 0.25) is 0 Å². The van der Waals surface area contributed by atoms with E-state index in [1.807, 2.05) is 6.07 Å². The molecular weight excluding hydrogens is 288 g/mol. The van der Waals surface area contributed by atoms with Crippen LogP contribution in [0.5, 0.6) is 0 Å². The highest BCUT2D eigenvalue weighted by atomic mass is 16.1. The van der Waals surface area contributed by atoms with Crippen molar-refractivity contribution in [2.75, 3.05) is 18.4 Å². The molecule has 23 heavy (non-hydrogen) atoms. The molecule has 1 aromatic heterocycles. The van der Waals surface area contributed by atoms with Gasteiger partial charge in [-0.25, -0.2) is 0 Å². The van der Waals surface area contributed by atoms with Crippen LogP contribution in [0.1, 0.15) is 62.9 Å². The molecule has 0 aromatic carbocycles. The molecule has 126 valence electrons. The predicted molar refractivity (Wildman–Crippen MR) is 93.5 cm³/mol. The molecule has 5 heteroatoms. The van der Waals surface area contributed by atoms with E-state index in [1.54, 1.807) is 6.07 Å². The standard InChI is InChI=1S/C18H28N4O/c1-14(2)10-12-19-17-9-8-16(21-22-17)18(23)20-13-11-15-6-4-3-5-7-15/h6,8-9,14H,3-5,7,10-13H2,1-2H3,(H,19,22)(H,20,23). The van der Waals surface area contributed by atoms with Crippen molar-refractivity contribution in [2.24, 2.45) is 5.92 Å². The van der Waals surface area contributed by atoms with Crippen LogP contribution in [0.4, 0.5) is 5.82 Å². The van der Waals surface area contributed by atoms with Gasteiger partial charge in [-0.05, 0) is 56.6 Å². The van der Waals surface area contributed by atoms with Crippen LogP contribution in [0.15, 0.2) is 23.8 Å². The molecule has 0 atom stereocenters. The molecule has 2 rings (SSSR count).